The predicted octanol–water partition coefficient (Wildman–Crippen LogP) is 4.79. The summed E-state index contributed by atoms with van der Waals surface area (Å²) in [6.07, 6.45) is 0. The summed E-state index contributed by atoms with van der Waals surface area (Å²) in [5.41, 5.74) is 0.659. The van der Waals surface area contributed by atoms with Crippen molar-refractivity contribution in [2.45, 2.75) is 13.0 Å². The molecule has 2 aromatic carbocycles. The summed E-state index contributed by atoms with van der Waals surface area (Å²) in [4.78, 5) is 0. The topological polar surface area (TPSA) is 12.0 Å². The van der Waals surface area contributed by atoms with E-state index >= 15 is 0 Å². The highest BCUT2D eigenvalue weighted by Crippen LogP contribution is 2.28. The quantitative estimate of drug-likeness (QED) is 0.843. The minimum atomic E-state index is -0.617. The van der Waals surface area contributed by atoms with Gasteiger partial charge in [0.05, 0.1) is 6.04 Å². The fourth-order valence-corrected chi connectivity index (χ4v) is 2.06. The second kappa shape index (κ2) is 5.36. The van der Waals surface area contributed by atoms with Crippen molar-refractivity contribution in [1.29, 1.82) is 0 Å². The lowest BCUT2D eigenvalue weighted by Crippen LogP contribution is -2.10. The van der Waals surface area contributed by atoms with Crippen LogP contribution in [0, 0.1) is 11.6 Å². The van der Waals surface area contributed by atoms with Gasteiger partial charge < -0.3 is 5.32 Å². The first kappa shape index (κ1) is 12.8. The molecule has 1 N–H and O–H groups in total. The fraction of sp³-hybridized carbons (Fsp3) is 0.143. The molecular formula is C14H12ClF2N. The molecule has 0 bridgehead atoms. The molecule has 1 atom stereocenters. The first-order valence-electron chi connectivity index (χ1n) is 5.54. The fourth-order valence-electron chi connectivity index (χ4n) is 1.76. The molecule has 0 aliphatic rings. The van der Waals surface area contributed by atoms with Crippen molar-refractivity contribution in [3.8, 4) is 0 Å². The highest BCUT2D eigenvalue weighted by molar-refractivity contribution is 6.31. The third-order valence-corrected chi connectivity index (χ3v) is 3.04. The molecule has 0 heterocycles. The van der Waals surface area contributed by atoms with Crippen molar-refractivity contribution in [1.82, 2.24) is 0 Å². The predicted molar refractivity (Wildman–Crippen MR) is 69.8 cm³/mol. The molecule has 2 aromatic rings. The van der Waals surface area contributed by atoms with Gasteiger partial charge in [-0.15, -0.1) is 0 Å². The molecule has 1 nitrogen and oxygen atoms in total. The average Bonchev–Trinajstić information content (AvgIpc) is 2.34. The zero-order valence-corrected chi connectivity index (χ0v) is 10.5. The van der Waals surface area contributed by atoms with Crippen LogP contribution in [0.4, 0.5) is 14.5 Å². The van der Waals surface area contributed by atoms with E-state index in [0.717, 1.165) is 5.56 Å². The molecule has 0 aromatic heterocycles. The van der Waals surface area contributed by atoms with Gasteiger partial charge in [0.1, 0.15) is 17.3 Å². The van der Waals surface area contributed by atoms with Gasteiger partial charge in [0, 0.05) is 5.02 Å². The number of halogens is 3. The Balaban J connectivity index is 2.27. The van der Waals surface area contributed by atoms with Gasteiger partial charge >= 0.3 is 0 Å². The van der Waals surface area contributed by atoms with E-state index in [0.29, 0.717) is 5.02 Å². The molecule has 0 radical (unpaired) electrons. The lowest BCUT2D eigenvalue weighted by atomic mass is 10.1. The van der Waals surface area contributed by atoms with Gasteiger partial charge in [0.25, 0.3) is 0 Å². The van der Waals surface area contributed by atoms with Crippen LogP contribution in [0.15, 0.2) is 42.5 Å². The molecule has 94 valence electrons. The molecule has 0 saturated carbocycles. The van der Waals surface area contributed by atoms with Crippen molar-refractivity contribution in [2.75, 3.05) is 5.32 Å². The molecule has 0 aliphatic heterocycles. The zero-order valence-electron chi connectivity index (χ0n) is 9.75. The Morgan fingerprint density at radius 2 is 1.61 bits per heavy atom. The number of benzene rings is 2. The maximum atomic E-state index is 13.5. The Morgan fingerprint density at radius 3 is 2.22 bits per heavy atom. The maximum Gasteiger partial charge on any atom is 0.149 e. The molecule has 18 heavy (non-hydrogen) atoms. The Morgan fingerprint density at radius 1 is 1.00 bits per heavy atom. The van der Waals surface area contributed by atoms with Crippen LogP contribution in [0.5, 0.6) is 0 Å². The largest absolute Gasteiger partial charge is 0.374 e. The smallest absolute Gasteiger partial charge is 0.149 e. The van der Waals surface area contributed by atoms with Crippen molar-refractivity contribution in [3.63, 3.8) is 0 Å². The van der Waals surface area contributed by atoms with Gasteiger partial charge in [-0.3, -0.25) is 0 Å². The van der Waals surface area contributed by atoms with E-state index in [9.17, 15) is 8.78 Å². The average molecular weight is 268 g/mol. The highest BCUT2D eigenvalue weighted by atomic mass is 35.5. The van der Waals surface area contributed by atoms with Gasteiger partial charge in [-0.25, -0.2) is 8.78 Å². The number of anilines is 1. The van der Waals surface area contributed by atoms with Crippen molar-refractivity contribution >= 4 is 17.3 Å². The summed E-state index contributed by atoms with van der Waals surface area (Å²) < 4.78 is 27.0. The first-order chi connectivity index (χ1) is 8.59. The highest BCUT2D eigenvalue weighted by Gasteiger charge is 2.14. The van der Waals surface area contributed by atoms with Gasteiger partial charge in [0.15, 0.2) is 0 Å². The van der Waals surface area contributed by atoms with Crippen molar-refractivity contribution < 1.29 is 8.78 Å². The Hall–Kier alpha value is -1.61. The van der Waals surface area contributed by atoms with Crippen LogP contribution in [0.1, 0.15) is 18.5 Å². The lowest BCUT2D eigenvalue weighted by Gasteiger charge is -2.17. The molecule has 0 spiro atoms. The van der Waals surface area contributed by atoms with E-state index in [-0.39, 0.29) is 11.7 Å². The van der Waals surface area contributed by atoms with Gasteiger partial charge in [-0.1, -0.05) is 35.9 Å². The summed E-state index contributed by atoms with van der Waals surface area (Å²) in [5.74, 6) is -1.23. The molecule has 2 rings (SSSR count). The minimum Gasteiger partial charge on any atom is -0.374 e. The van der Waals surface area contributed by atoms with E-state index in [1.54, 1.807) is 13.0 Å². The molecule has 0 aliphatic carbocycles. The number of hydrogen-bond acceptors (Lipinski definition) is 1. The Kier molecular flexibility index (Phi) is 3.82. The number of hydrogen-bond donors (Lipinski definition) is 1. The van der Waals surface area contributed by atoms with Gasteiger partial charge in [0.2, 0.25) is 0 Å². The van der Waals surface area contributed by atoms with Crippen LogP contribution in [0.2, 0.25) is 5.02 Å². The molecule has 0 fully saturated rings. The van der Waals surface area contributed by atoms with Gasteiger partial charge in [-0.05, 0) is 30.7 Å². The number of nitrogens with one attached hydrogen (secondary N) is 1. The zero-order chi connectivity index (χ0) is 13.1. The molecule has 1 unspecified atom stereocenters. The van der Waals surface area contributed by atoms with Crippen LogP contribution in [-0.4, -0.2) is 0 Å². The third kappa shape index (κ3) is 2.62. The van der Waals surface area contributed by atoms with Crippen LogP contribution < -0.4 is 5.32 Å². The van der Waals surface area contributed by atoms with Crippen molar-refractivity contribution in [3.05, 3.63) is 64.7 Å². The molecule has 0 saturated heterocycles. The number of rotatable bonds is 3. The lowest BCUT2D eigenvalue weighted by molar-refractivity contribution is 0.584. The number of para-hydroxylation sites is 1. The summed E-state index contributed by atoms with van der Waals surface area (Å²) in [7, 11) is 0. The molecular weight excluding hydrogens is 256 g/mol. The summed E-state index contributed by atoms with van der Waals surface area (Å²) in [6, 6.07) is 10.7. The monoisotopic (exact) mass is 267 g/mol. The van der Waals surface area contributed by atoms with Crippen LogP contribution in [0.25, 0.3) is 0 Å². The molecule has 4 heteroatoms. The summed E-state index contributed by atoms with van der Waals surface area (Å²) >= 11 is 6.04. The third-order valence-electron chi connectivity index (χ3n) is 2.70. The standard InChI is InChI=1S/C14H12ClF2N/c1-9(10-5-2-3-6-11(10)15)18-14-12(16)7-4-8-13(14)17/h2-9,18H,1H3. The van der Waals surface area contributed by atoms with Crippen LogP contribution >= 0.6 is 11.6 Å². The second-order valence-corrected chi connectivity index (χ2v) is 4.39. The maximum absolute atomic E-state index is 13.5. The van der Waals surface area contributed by atoms with Crippen LogP contribution in [0.3, 0.4) is 0 Å². The minimum absolute atomic E-state index is 0.134. The van der Waals surface area contributed by atoms with E-state index in [1.165, 1.54) is 18.2 Å². The van der Waals surface area contributed by atoms with Crippen LogP contribution in [-0.2, 0) is 0 Å². The van der Waals surface area contributed by atoms with Crippen molar-refractivity contribution in [2.24, 2.45) is 0 Å². The summed E-state index contributed by atoms with van der Waals surface area (Å²) in [5, 5.41) is 3.37. The molecule has 0 amide bonds. The summed E-state index contributed by atoms with van der Waals surface area (Å²) in [6.45, 7) is 1.80. The van der Waals surface area contributed by atoms with E-state index in [1.807, 2.05) is 18.2 Å². The van der Waals surface area contributed by atoms with E-state index < -0.39 is 11.6 Å². The SMILES string of the molecule is CC(Nc1c(F)cccc1F)c1ccccc1Cl. The van der Waals surface area contributed by atoms with E-state index in [4.69, 9.17) is 11.6 Å². The Bertz CT molecular complexity index is 537. The first-order valence-corrected chi connectivity index (χ1v) is 5.92. The Labute approximate surface area is 109 Å². The second-order valence-electron chi connectivity index (χ2n) is 3.98. The van der Waals surface area contributed by atoms with E-state index in [2.05, 4.69) is 5.32 Å². The van der Waals surface area contributed by atoms with Gasteiger partial charge in [-0.2, -0.15) is 0 Å². The normalized spacial score (nSPS) is 12.2.